The highest BCUT2D eigenvalue weighted by atomic mass is 127. The molecule has 1 aliphatic heterocycles. The first kappa shape index (κ1) is 8.76. The Morgan fingerprint density at radius 2 is 2.33 bits per heavy atom. The van der Waals surface area contributed by atoms with Crippen LogP contribution in [0.4, 0.5) is 0 Å². The second-order valence-electron chi connectivity index (χ2n) is 2.10. The number of aromatic nitrogens is 2. The summed E-state index contributed by atoms with van der Waals surface area (Å²) in [5, 5.41) is 0.544. The first-order chi connectivity index (χ1) is 5.68. The number of nitrogens with zero attached hydrogens (tertiary/aromatic N) is 2. The van der Waals surface area contributed by atoms with Gasteiger partial charge in [0.05, 0.1) is 10.0 Å². The van der Waals surface area contributed by atoms with Crippen LogP contribution in [0, 0.1) is 3.70 Å². The summed E-state index contributed by atoms with van der Waals surface area (Å²) in [6, 6.07) is 0. The molecule has 0 aliphatic carbocycles. The van der Waals surface area contributed by atoms with E-state index in [0.717, 1.165) is 3.70 Å². The molecule has 0 fully saturated rings. The van der Waals surface area contributed by atoms with Crippen molar-refractivity contribution in [3.05, 3.63) is 19.4 Å². The number of hydrogen-bond acceptors (Lipinski definition) is 3. The van der Waals surface area contributed by atoms with Crippen molar-refractivity contribution in [1.82, 2.24) is 9.97 Å². The van der Waals surface area contributed by atoms with Gasteiger partial charge >= 0.3 is 0 Å². The van der Waals surface area contributed by atoms with Crippen LogP contribution in [0.2, 0.25) is 0 Å². The zero-order valence-corrected chi connectivity index (χ0v) is 10.2. The topological polar surface area (TPSA) is 42.9 Å². The summed E-state index contributed by atoms with van der Waals surface area (Å²) in [7, 11) is -1.15. The van der Waals surface area contributed by atoms with Crippen LogP contribution in [0.3, 0.4) is 0 Å². The van der Waals surface area contributed by atoms with Gasteiger partial charge in [-0.3, -0.25) is 0 Å². The molecule has 0 N–H and O–H groups in total. The summed E-state index contributed by atoms with van der Waals surface area (Å²) in [6.07, 6.45) is 3.34. The van der Waals surface area contributed by atoms with Gasteiger partial charge in [-0.2, -0.15) is 0 Å². The van der Waals surface area contributed by atoms with Gasteiger partial charge in [0.2, 0.25) is 0 Å². The molecule has 0 saturated heterocycles. The van der Waals surface area contributed by atoms with E-state index in [2.05, 4.69) is 48.5 Å². The lowest BCUT2D eigenvalue weighted by Gasteiger charge is -1.94. The molecule has 0 radical (unpaired) electrons. The number of hydrogen-bond donors (Lipinski definition) is 0. The Morgan fingerprint density at radius 1 is 1.58 bits per heavy atom. The summed E-state index contributed by atoms with van der Waals surface area (Å²) in [6.45, 7) is 0. The predicted molar refractivity (Wildman–Crippen MR) is 58.1 cm³/mol. The lowest BCUT2D eigenvalue weighted by molar-refractivity contribution is 0.685. The van der Waals surface area contributed by atoms with Crippen LogP contribution in [0.5, 0.6) is 0 Å². The monoisotopic (exact) mass is 356 g/mol. The van der Waals surface area contributed by atoms with Gasteiger partial charge in [0.15, 0.2) is 5.03 Å². The van der Waals surface area contributed by atoms with E-state index in [4.69, 9.17) is 0 Å². The Balaban J connectivity index is 2.65. The molecule has 2 rings (SSSR count). The van der Waals surface area contributed by atoms with Crippen LogP contribution in [0.25, 0.3) is 6.08 Å². The van der Waals surface area contributed by atoms with E-state index in [9.17, 15) is 4.21 Å². The van der Waals surface area contributed by atoms with E-state index in [1.54, 1.807) is 12.3 Å². The normalized spacial score (nSPS) is 20.5. The molecule has 0 saturated carbocycles. The minimum atomic E-state index is -1.15. The van der Waals surface area contributed by atoms with Crippen LogP contribution in [-0.2, 0) is 10.8 Å². The van der Waals surface area contributed by atoms with Crippen molar-refractivity contribution >= 4 is 55.4 Å². The third-order valence-electron chi connectivity index (χ3n) is 1.34. The average Bonchev–Trinajstić information content (AvgIpc) is 2.28. The maximum atomic E-state index is 11.4. The zero-order valence-electron chi connectivity index (χ0n) is 5.62. The molecule has 1 atom stereocenters. The Kier molecular flexibility index (Phi) is 2.30. The van der Waals surface area contributed by atoms with Crippen molar-refractivity contribution in [2.45, 2.75) is 5.03 Å². The molecule has 1 unspecified atom stereocenters. The Hall–Kier alpha value is 0.180. The third kappa shape index (κ3) is 1.35. The summed E-state index contributed by atoms with van der Waals surface area (Å²) in [4.78, 5) is 8.22. The van der Waals surface area contributed by atoms with Crippen molar-refractivity contribution in [1.29, 1.82) is 0 Å². The maximum Gasteiger partial charge on any atom is 0.158 e. The Morgan fingerprint density at radius 3 is 3.08 bits per heavy atom. The highest BCUT2D eigenvalue weighted by Crippen LogP contribution is 2.29. The fourth-order valence-corrected chi connectivity index (χ4v) is 2.78. The van der Waals surface area contributed by atoms with Gasteiger partial charge in [0.25, 0.3) is 0 Å². The van der Waals surface area contributed by atoms with E-state index >= 15 is 0 Å². The summed E-state index contributed by atoms with van der Waals surface area (Å²) >= 11 is 5.26. The first-order valence-electron chi connectivity index (χ1n) is 3.00. The fraction of sp³-hybridized carbons (Fsp3) is 0. The minimum absolute atomic E-state index is 0.544. The predicted octanol–water partition coefficient (Wildman–Crippen LogP) is 1.90. The third-order valence-corrected chi connectivity index (χ3v) is 4.11. The van der Waals surface area contributed by atoms with Gasteiger partial charge in [-0.05, 0) is 44.6 Å². The molecule has 1 aromatic rings. The first-order valence-corrected chi connectivity index (χ1v) is 6.02. The highest BCUT2D eigenvalue weighted by Gasteiger charge is 2.21. The van der Waals surface area contributed by atoms with Crippen molar-refractivity contribution in [2.75, 3.05) is 0 Å². The average molecular weight is 357 g/mol. The summed E-state index contributed by atoms with van der Waals surface area (Å²) in [5.74, 6) is 0. The number of halogens is 2. The molecule has 0 amide bonds. The molecule has 6 heteroatoms. The van der Waals surface area contributed by atoms with E-state index in [-0.39, 0.29) is 0 Å². The van der Waals surface area contributed by atoms with Gasteiger partial charge in [-0.1, -0.05) is 0 Å². The molecule has 1 aliphatic rings. The molecule has 3 nitrogen and oxygen atoms in total. The highest BCUT2D eigenvalue weighted by molar-refractivity contribution is 14.1. The molecule has 0 aromatic carbocycles. The van der Waals surface area contributed by atoms with Crippen molar-refractivity contribution < 1.29 is 4.21 Å². The number of rotatable bonds is 0. The standard InChI is InChI=1S/C6H2BrIN2OS/c7-4-1-3-6(12(4)11)9-2-5(8)10-3/h1-2H. The van der Waals surface area contributed by atoms with Gasteiger partial charge in [-0.15, -0.1) is 0 Å². The zero-order chi connectivity index (χ0) is 8.72. The lowest BCUT2D eigenvalue weighted by atomic mass is 10.4. The van der Waals surface area contributed by atoms with Gasteiger partial charge in [-0.25, -0.2) is 14.2 Å². The maximum absolute atomic E-state index is 11.4. The molecule has 0 spiro atoms. The molecule has 12 heavy (non-hydrogen) atoms. The second kappa shape index (κ2) is 3.15. The number of fused-ring (bicyclic) bond motifs is 1. The van der Waals surface area contributed by atoms with Gasteiger partial charge in [0, 0.05) is 0 Å². The Labute approximate surface area is 93.4 Å². The van der Waals surface area contributed by atoms with Crippen molar-refractivity contribution in [3.8, 4) is 0 Å². The second-order valence-corrected chi connectivity index (χ2v) is 5.95. The van der Waals surface area contributed by atoms with Crippen LogP contribution in [0.1, 0.15) is 5.69 Å². The summed E-state index contributed by atoms with van der Waals surface area (Å²) in [5.41, 5.74) is 0.701. The Bertz CT molecular complexity index is 407. The molecule has 0 bridgehead atoms. The minimum Gasteiger partial charge on any atom is -0.247 e. The smallest absolute Gasteiger partial charge is 0.158 e. The molecular formula is C6H2BrIN2OS. The largest absolute Gasteiger partial charge is 0.247 e. The van der Waals surface area contributed by atoms with Crippen LogP contribution >= 0.6 is 38.5 Å². The van der Waals surface area contributed by atoms with E-state index in [1.165, 1.54) is 0 Å². The van der Waals surface area contributed by atoms with Crippen LogP contribution < -0.4 is 0 Å². The quantitative estimate of drug-likeness (QED) is 0.667. The van der Waals surface area contributed by atoms with Crippen LogP contribution in [-0.4, -0.2) is 14.2 Å². The molecule has 62 valence electrons. The van der Waals surface area contributed by atoms with Crippen molar-refractivity contribution in [3.63, 3.8) is 0 Å². The SMILES string of the molecule is O=S1C(Br)=Cc2nc(I)cnc21. The van der Waals surface area contributed by atoms with E-state index < -0.39 is 10.8 Å². The van der Waals surface area contributed by atoms with E-state index in [0.29, 0.717) is 14.5 Å². The van der Waals surface area contributed by atoms with Crippen molar-refractivity contribution in [2.24, 2.45) is 0 Å². The summed E-state index contributed by atoms with van der Waals surface area (Å²) < 4.78 is 12.8. The van der Waals surface area contributed by atoms with Gasteiger partial charge < -0.3 is 0 Å². The van der Waals surface area contributed by atoms with Crippen LogP contribution in [0.15, 0.2) is 15.0 Å². The molecule has 1 aromatic heterocycles. The van der Waals surface area contributed by atoms with E-state index in [1.807, 2.05) is 0 Å². The lowest BCUT2D eigenvalue weighted by Crippen LogP contribution is -1.95. The van der Waals surface area contributed by atoms with Gasteiger partial charge in [0.1, 0.15) is 20.2 Å². The fourth-order valence-electron chi connectivity index (χ4n) is 0.860. The molecular weight excluding hydrogens is 355 g/mol. The molecule has 2 heterocycles.